The molecule has 0 rings (SSSR count). The van der Waals surface area contributed by atoms with Crippen molar-refractivity contribution >= 4 is 11.9 Å². The van der Waals surface area contributed by atoms with Gasteiger partial charge < -0.3 is 9.47 Å². The predicted octanol–water partition coefficient (Wildman–Crippen LogP) is -0.236. The van der Waals surface area contributed by atoms with Gasteiger partial charge in [0, 0.05) is 6.42 Å². The minimum atomic E-state index is -0.992. The molecule has 5 nitrogen and oxygen atoms in total. The van der Waals surface area contributed by atoms with Gasteiger partial charge in [0.25, 0.3) is 0 Å². The normalized spacial score (nSPS) is 11.9. The molecule has 0 amide bonds. The van der Waals surface area contributed by atoms with Gasteiger partial charge in [-0.2, -0.15) is 0 Å². The Labute approximate surface area is 70.8 Å². The molecule has 0 aromatic heterocycles. The third-order valence-corrected chi connectivity index (χ3v) is 1.35. The lowest BCUT2D eigenvalue weighted by Gasteiger charge is -2.06. The highest BCUT2D eigenvalue weighted by molar-refractivity contribution is 5.76. The zero-order chi connectivity index (χ0) is 9.56. The maximum atomic E-state index is 10.7. The number of methoxy groups -OCH3 is 2. The van der Waals surface area contributed by atoms with E-state index in [0.29, 0.717) is 0 Å². The lowest BCUT2D eigenvalue weighted by Crippen LogP contribution is -2.24. The van der Waals surface area contributed by atoms with Crippen molar-refractivity contribution in [2.24, 2.45) is 0 Å². The molecule has 0 fully saturated rings. The Morgan fingerprint density at radius 3 is 2.33 bits per heavy atom. The Kier molecular flexibility index (Phi) is 5.03. The fourth-order valence-corrected chi connectivity index (χ4v) is 0.624. The Bertz CT molecular complexity index is 169. The molecule has 0 saturated heterocycles. The molecule has 0 saturated carbocycles. The van der Waals surface area contributed by atoms with Crippen LogP contribution in [0.5, 0.6) is 0 Å². The molecule has 0 bridgehead atoms. The van der Waals surface area contributed by atoms with Crippen LogP contribution in [-0.2, 0) is 19.1 Å². The maximum absolute atomic E-state index is 10.7. The van der Waals surface area contributed by atoms with Gasteiger partial charge in [-0.1, -0.05) is 0 Å². The summed E-state index contributed by atoms with van der Waals surface area (Å²) in [5.41, 5.74) is 7.16. The predicted molar refractivity (Wildman–Crippen MR) is 40.2 cm³/mol. The molecular formula is C7H12NO4. The molecule has 0 heterocycles. The standard InChI is InChI=1S/C7H12NO4/c1-11-6(9)4-3-5(8)7(10)12-2/h5,8H,3-4H2,1-2H3. The largest absolute Gasteiger partial charge is 0.469 e. The third kappa shape index (κ3) is 3.92. The van der Waals surface area contributed by atoms with E-state index in [1.54, 1.807) is 0 Å². The van der Waals surface area contributed by atoms with Gasteiger partial charge in [0.2, 0.25) is 0 Å². The first-order chi connectivity index (χ1) is 5.61. The second-order valence-electron chi connectivity index (χ2n) is 2.19. The van der Waals surface area contributed by atoms with Crippen molar-refractivity contribution in [3.8, 4) is 0 Å². The molecule has 0 aromatic carbocycles. The number of nitrogens with one attached hydrogen (secondary N) is 1. The lowest BCUT2D eigenvalue weighted by molar-refractivity contribution is -0.143. The minimum absolute atomic E-state index is 0.0692. The van der Waals surface area contributed by atoms with Crippen LogP contribution in [0.25, 0.3) is 0 Å². The van der Waals surface area contributed by atoms with Crippen LogP contribution in [0.1, 0.15) is 12.8 Å². The summed E-state index contributed by atoms with van der Waals surface area (Å²) in [6, 6.07) is -0.992. The summed E-state index contributed by atoms with van der Waals surface area (Å²) in [5.74, 6) is -1.05. The monoisotopic (exact) mass is 174 g/mol. The van der Waals surface area contributed by atoms with Crippen molar-refractivity contribution in [3.05, 3.63) is 0 Å². The van der Waals surface area contributed by atoms with Crippen LogP contribution in [0.15, 0.2) is 0 Å². The molecule has 12 heavy (non-hydrogen) atoms. The summed E-state index contributed by atoms with van der Waals surface area (Å²) in [4.78, 5) is 21.2. The summed E-state index contributed by atoms with van der Waals surface area (Å²) >= 11 is 0. The first kappa shape index (κ1) is 10.9. The van der Waals surface area contributed by atoms with E-state index in [1.165, 1.54) is 14.2 Å². The minimum Gasteiger partial charge on any atom is -0.469 e. The second-order valence-corrected chi connectivity index (χ2v) is 2.19. The van der Waals surface area contributed by atoms with Crippen molar-refractivity contribution in [2.75, 3.05) is 14.2 Å². The smallest absolute Gasteiger partial charge is 0.324 e. The van der Waals surface area contributed by atoms with Crippen molar-refractivity contribution in [3.63, 3.8) is 0 Å². The highest BCUT2D eigenvalue weighted by Crippen LogP contribution is 1.99. The van der Waals surface area contributed by atoms with Gasteiger partial charge in [-0.15, -0.1) is 0 Å². The van der Waals surface area contributed by atoms with Gasteiger partial charge in [0.15, 0.2) is 0 Å². The van der Waals surface area contributed by atoms with E-state index < -0.39 is 18.0 Å². The fraction of sp³-hybridized carbons (Fsp3) is 0.714. The second kappa shape index (κ2) is 5.54. The number of hydrogen-bond acceptors (Lipinski definition) is 4. The Morgan fingerprint density at radius 2 is 1.92 bits per heavy atom. The van der Waals surface area contributed by atoms with Crippen LogP contribution in [0.3, 0.4) is 0 Å². The summed E-state index contributed by atoms with van der Waals surface area (Å²) in [6.07, 6.45) is 0.207. The molecule has 0 aliphatic heterocycles. The van der Waals surface area contributed by atoms with Gasteiger partial charge in [0.05, 0.1) is 14.2 Å². The third-order valence-electron chi connectivity index (χ3n) is 1.35. The Balaban J connectivity index is 3.63. The van der Waals surface area contributed by atoms with Crippen molar-refractivity contribution in [1.29, 1.82) is 0 Å². The zero-order valence-corrected chi connectivity index (χ0v) is 7.12. The molecule has 1 radical (unpaired) electrons. The molecule has 0 aliphatic rings. The summed E-state index contributed by atoms with van der Waals surface area (Å²) in [5, 5.41) is 0. The van der Waals surface area contributed by atoms with Gasteiger partial charge in [-0.25, -0.2) is 5.73 Å². The van der Waals surface area contributed by atoms with Crippen LogP contribution in [0.4, 0.5) is 0 Å². The maximum Gasteiger partial charge on any atom is 0.324 e. The molecule has 0 aromatic rings. The van der Waals surface area contributed by atoms with Crippen LogP contribution in [0, 0.1) is 0 Å². The van der Waals surface area contributed by atoms with E-state index in [4.69, 9.17) is 5.73 Å². The van der Waals surface area contributed by atoms with Crippen molar-refractivity contribution < 1.29 is 19.1 Å². The zero-order valence-electron chi connectivity index (χ0n) is 7.12. The number of esters is 2. The summed E-state index contributed by atoms with van der Waals surface area (Å²) in [7, 11) is 2.47. The van der Waals surface area contributed by atoms with Crippen LogP contribution < -0.4 is 5.73 Å². The number of carbonyl (C=O) groups is 2. The van der Waals surface area contributed by atoms with Crippen LogP contribution in [0.2, 0.25) is 0 Å². The van der Waals surface area contributed by atoms with Gasteiger partial charge in [0.1, 0.15) is 6.04 Å². The summed E-state index contributed by atoms with van der Waals surface area (Å²) in [6.45, 7) is 0. The first-order valence-corrected chi connectivity index (χ1v) is 3.47. The molecule has 69 valence electrons. The van der Waals surface area contributed by atoms with Crippen LogP contribution >= 0.6 is 0 Å². The number of ether oxygens (including phenoxy) is 2. The van der Waals surface area contributed by atoms with Crippen molar-refractivity contribution in [2.45, 2.75) is 18.9 Å². The van der Waals surface area contributed by atoms with Gasteiger partial charge >= 0.3 is 11.9 Å². The first-order valence-electron chi connectivity index (χ1n) is 3.47. The highest BCUT2D eigenvalue weighted by atomic mass is 16.5. The van der Waals surface area contributed by atoms with E-state index in [2.05, 4.69) is 9.47 Å². The average Bonchev–Trinajstić information content (AvgIpc) is 2.11. The van der Waals surface area contributed by atoms with E-state index in [0.717, 1.165) is 0 Å². The van der Waals surface area contributed by atoms with E-state index >= 15 is 0 Å². The summed E-state index contributed by atoms with van der Waals surface area (Å²) < 4.78 is 8.64. The molecule has 1 atom stereocenters. The molecule has 5 heteroatoms. The molecule has 1 N–H and O–H groups in total. The number of hydrogen-bond donors (Lipinski definition) is 0. The number of rotatable bonds is 4. The quantitative estimate of drug-likeness (QED) is 0.551. The molecular weight excluding hydrogens is 162 g/mol. The Morgan fingerprint density at radius 1 is 1.33 bits per heavy atom. The number of carbonyl (C=O) groups excluding carboxylic acids is 2. The van der Waals surface area contributed by atoms with E-state index in [-0.39, 0.29) is 12.8 Å². The topological polar surface area (TPSA) is 76.4 Å². The lowest BCUT2D eigenvalue weighted by atomic mass is 10.2. The van der Waals surface area contributed by atoms with Crippen LogP contribution in [-0.4, -0.2) is 32.2 Å². The Hall–Kier alpha value is -1.10. The van der Waals surface area contributed by atoms with E-state index in [9.17, 15) is 9.59 Å². The van der Waals surface area contributed by atoms with Gasteiger partial charge in [-0.3, -0.25) is 9.59 Å². The average molecular weight is 174 g/mol. The van der Waals surface area contributed by atoms with E-state index in [1.807, 2.05) is 0 Å². The SMILES string of the molecule is COC(=O)CCC([NH])C(=O)OC. The highest BCUT2D eigenvalue weighted by Gasteiger charge is 2.15. The van der Waals surface area contributed by atoms with Crippen molar-refractivity contribution in [1.82, 2.24) is 5.73 Å². The molecule has 1 unspecified atom stereocenters. The molecule has 0 aliphatic carbocycles. The fourth-order valence-electron chi connectivity index (χ4n) is 0.624. The van der Waals surface area contributed by atoms with Gasteiger partial charge in [-0.05, 0) is 6.42 Å². The molecule has 0 spiro atoms.